The Balaban J connectivity index is 1.96. The van der Waals surface area contributed by atoms with Crippen LogP contribution >= 0.6 is 27.5 Å². The van der Waals surface area contributed by atoms with Crippen LogP contribution in [-0.2, 0) is 4.74 Å². The predicted octanol–water partition coefficient (Wildman–Crippen LogP) is 2.87. The van der Waals surface area contributed by atoms with Crippen LogP contribution in [0.15, 0.2) is 22.7 Å². The maximum Gasteiger partial charge on any atom is 0.0700 e. The second-order valence-electron chi connectivity index (χ2n) is 4.51. The van der Waals surface area contributed by atoms with Crippen LogP contribution in [-0.4, -0.2) is 25.8 Å². The SMILES string of the molecule is NCC(NCC1CCCO1)c1ccc(Br)c(Cl)c1. The highest BCUT2D eigenvalue weighted by Crippen LogP contribution is 2.26. The highest BCUT2D eigenvalue weighted by molar-refractivity contribution is 9.10. The molecule has 18 heavy (non-hydrogen) atoms. The Morgan fingerprint density at radius 3 is 3.00 bits per heavy atom. The molecular formula is C13H18BrClN2O. The van der Waals surface area contributed by atoms with E-state index in [1.165, 1.54) is 0 Å². The van der Waals surface area contributed by atoms with Gasteiger partial charge in [-0.1, -0.05) is 17.7 Å². The minimum Gasteiger partial charge on any atom is -0.377 e. The van der Waals surface area contributed by atoms with E-state index in [-0.39, 0.29) is 6.04 Å². The number of halogens is 2. The van der Waals surface area contributed by atoms with Gasteiger partial charge >= 0.3 is 0 Å². The van der Waals surface area contributed by atoms with Crippen LogP contribution < -0.4 is 11.1 Å². The molecule has 0 radical (unpaired) electrons. The van der Waals surface area contributed by atoms with Gasteiger partial charge in [0.25, 0.3) is 0 Å². The lowest BCUT2D eigenvalue weighted by Gasteiger charge is -2.20. The van der Waals surface area contributed by atoms with Crippen molar-refractivity contribution in [2.45, 2.75) is 25.0 Å². The van der Waals surface area contributed by atoms with E-state index in [0.29, 0.717) is 17.7 Å². The van der Waals surface area contributed by atoms with Gasteiger partial charge in [-0.3, -0.25) is 0 Å². The third-order valence-corrected chi connectivity index (χ3v) is 4.43. The monoisotopic (exact) mass is 332 g/mol. The zero-order valence-electron chi connectivity index (χ0n) is 10.2. The molecule has 1 aliphatic heterocycles. The molecule has 1 fully saturated rings. The quantitative estimate of drug-likeness (QED) is 0.871. The average Bonchev–Trinajstić information content (AvgIpc) is 2.87. The van der Waals surface area contributed by atoms with Crippen molar-refractivity contribution >= 4 is 27.5 Å². The van der Waals surface area contributed by atoms with E-state index in [9.17, 15) is 0 Å². The number of nitrogens with two attached hydrogens (primary N) is 1. The van der Waals surface area contributed by atoms with Crippen LogP contribution in [0.4, 0.5) is 0 Å². The zero-order chi connectivity index (χ0) is 13.0. The van der Waals surface area contributed by atoms with Crippen LogP contribution in [0, 0.1) is 0 Å². The fourth-order valence-corrected chi connectivity index (χ4v) is 2.58. The molecule has 0 spiro atoms. The van der Waals surface area contributed by atoms with Crippen molar-refractivity contribution < 1.29 is 4.74 Å². The Bertz CT molecular complexity index is 397. The molecule has 1 heterocycles. The predicted molar refractivity (Wildman–Crippen MR) is 77.9 cm³/mol. The standard InChI is InChI=1S/C13H18BrClN2O/c14-11-4-3-9(6-12(11)15)13(7-16)17-8-10-2-1-5-18-10/h3-4,6,10,13,17H,1-2,5,7-8,16H2. The van der Waals surface area contributed by atoms with Gasteiger partial charge in [-0.2, -0.15) is 0 Å². The van der Waals surface area contributed by atoms with Gasteiger partial charge in [0.15, 0.2) is 0 Å². The lowest BCUT2D eigenvalue weighted by molar-refractivity contribution is 0.107. The lowest BCUT2D eigenvalue weighted by Crippen LogP contribution is -2.34. The van der Waals surface area contributed by atoms with Gasteiger partial charge in [-0.25, -0.2) is 0 Å². The molecular weight excluding hydrogens is 316 g/mol. The summed E-state index contributed by atoms with van der Waals surface area (Å²) in [6.07, 6.45) is 2.61. The summed E-state index contributed by atoms with van der Waals surface area (Å²) in [4.78, 5) is 0. The Morgan fingerprint density at radius 1 is 1.56 bits per heavy atom. The smallest absolute Gasteiger partial charge is 0.0700 e. The van der Waals surface area contributed by atoms with Crippen LogP contribution in [0.2, 0.25) is 5.02 Å². The molecule has 100 valence electrons. The van der Waals surface area contributed by atoms with Crippen LogP contribution in [0.5, 0.6) is 0 Å². The fourth-order valence-electron chi connectivity index (χ4n) is 2.15. The molecule has 1 aromatic rings. The molecule has 0 amide bonds. The van der Waals surface area contributed by atoms with Crippen LogP contribution in [0.1, 0.15) is 24.4 Å². The fraction of sp³-hybridized carbons (Fsp3) is 0.538. The molecule has 5 heteroatoms. The summed E-state index contributed by atoms with van der Waals surface area (Å²) in [5.74, 6) is 0. The van der Waals surface area contributed by atoms with Crippen LogP contribution in [0.3, 0.4) is 0 Å². The first-order valence-electron chi connectivity index (χ1n) is 6.20. The first-order valence-corrected chi connectivity index (χ1v) is 7.38. The third-order valence-electron chi connectivity index (χ3n) is 3.20. The minimum atomic E-state index is 0.125. The summed E-state index contributed by atoms with van der Waals surface area (Å²) >= 11 is 9.49. The minimum absolute atomic E-state index is 0.125. The molecule has 0 aromatic heterocycles. The lowest BCUT2D eigenvalue weighted by atomic mass is 10.1. The van der Waals surface area contributed by atoms with Gasteiger partial charge in [0.1, 0.15) is 0 Å². The maximum absolute atomic E-state index is 6.10. The Labute approximate surface area is 121 Å². The summed E-state index contributed by atoms with van der Waals surface area (Å²) < 4.78 is 6.50. The number of benzene rings is 1. The largest absolute Gasteiger partial charge is 0.377 e. The van der Waals surface area contributed by atoms with E-state index in [1.54, 1.807) is 0 Å². The van der Waals surface area contributed by atoms with E-state index in [0.717, 1.165) is 36.0 Å². The third kappa shape index (κ3) is 3.68. The summed E-state index contributed by atoms with van der Waals surface area (Å²) in [7, 11) is 0. The number of ether oxygens (including phenoxy) is 1. The van der Waals surface area contributed by atoms with Crippen molar-refractivity contribution in [2.75, 3.05) is 19.7 Å². The zero-order valence-corrected chi connectivity index (χ0v) is 12.5. The van der Waals surface area contributed by atoms with Crippen molar-refractivity contribution in [1.82, 2.24) is 5.32 Å². The number of hydrogen-bond donors (Lipinski definition) is 2. The molecule has 1 aromatic carbocycles. The second-order valence-corrected chi connectivity index (χ2v) is 5.77. The van der Waals surface area contributed by atoms with E-state index in [4.69, 9.17) is 22.1 Å². The summed E-state index contributed by atoms with van der Waals surface area (Å²) in [6, 6.07) is 6.07. The molecule has 3 nitrogen and oxygen atoms in total. The van der Waals surface area contributed by atoms with Crippen LogP contribution in [0.25, 0.3) is 0 Å². The second kappa shape index (κ2) is 6.87. The molecule has 1 aliphatic rings. The molecule has 0 bridgehead atoms. The van der Waals surface area contributed by atoms with Gasteiger partial charge in [0.2, 0.25) is 0 Å². The summed E-state index contributed by atoms with van der Waals surface area (Å²) in [5.41, 5.74) is 6.93. The highest BCUT2D eigenvalue weighted by Gasteiger charge is 2.18. The molecule has 2 atom stereocenters. The van der Waals surface area contributed by atoms with Gasteiger partial charge in [-0.15, -0.1) is 0 Å². The van der Waals surface area contributed by atoms with Crippen molar-refractivity contribution in [3.63, 3.8) is 0 Å². The Morgan fingerprint density at radius 2 is 2.39 bits per heavy atom. The number of nitrogens with one attached hydrogen (secondary N) is 1. The topological polar surface area (TPSA) is 47.3 Å². The number of hydrogen-bond acceptors (Lipinski definition) is 3. The van der Waals surface area contributed by atoms with Gasteiger partial charge in [-0.05, 0) is 46.5 Å². The highest BCUT2D eigenvalue weighted by atomic mass is 79.9. The van der Waals surface area contributed by atoms with E-state index < -0.39 is 0 Å². The van der Waals surface area contributed by atoms with Gasteiger partial charge in [0, 0.05) is 30.2 Å². The van der Waals surface area contributed by atoms with Crippen molar-refractivity contribution in [1.29, 1.82) is 0 Å². The van der Waals surface area contributed by atoms with E-state index >= 15 is 0 Å². The van der Waals surface area contributed by atoms with E-state index in [1.807, 2.05) is 18.2 Å². The molecule has 2 rings (SSSR count). The first-order chi connectivity index (χ1) is 8.70. The Kier molecular flexibility index (Phi) is 5.45. The molecule has 1 saturated heterocycles. The van der Waals surface area contributed by atoms with Crippen molar-refractivity contribution in [2.24, 2.45) is 5.73 Å². The van der Waals surface area contributed by atoms with Crippen molar-refractivity contribution in [3.8, 4) is 0 Å². The first kappa shape index (κ1) is 14.3. The average molecular weight is 334 g/mol. The van der Waals surface area contributed by atoms with Crippen molar-refractivity contribution in [3.05, 3.63) is 33.3 Å². The van der Waals surface area contributed by atoms with Gasteiger partial charge < -0.3 is 15.8 Å². The number of rotatable bonds is 5. The molecule has 2 unspecified atom stereocenters. The normalized spacial score (nSPS) is 21.2. The van der Waals surface area contributed by atoms with Gasteiger partial charge in [0.05, 0.1) is 11.1 Å². The Hall–Kier alpha value is -0.130. The molecule has 0 aliphatic carbocycles. The maximum atomic E-state index is 6.10. The summed E-state index contributed by atoms with van der Waals surface area (Å²) in [5, 5.41) is 4.16. The molecule has 0 saturated carbocycles. The van der Waals surface area contributed by atoms with E-state index in [2.05, 4.69) is 21.2 Å². The molecule has 3 N–H and O–H groups in total. The summed E-state index contributed by atoms with van der Waals surface area (Å²) in [6.45, 7) is 2.27.